The zero-order valence-electron chi connectivity index (χ0n) is 14.0. The quantitative estimate of drug-likeness (QED) is 0.787. The van der Waals surface area contributed by atoms with Crippen molar-refractivity contribution in [1.29, 1.82) is 0 Å². The summed E-state index contributed by atoms with van der Waals surface area (Å²) in [7, 11) is 0. The summed E-state index contributed by atoms with van der Waals surface area (Å²) in [5, 5.41) is 10.0. The Bertz CT molecular complexity index is 376. The maximum absolute atomic E-state index is 13.2. The molecule has 1 N–H and O–H groups in total. The molecule has 2 atom stereocenters. The molecule has 1 aliphatic heterocycles. The van der Waals surface area contributed by atoms with E-state index in [1.54, 1.807) is 13.8 Å². The van der Waals surface area contributed by atoms with Gasteiger partial charge in [0.25, 0.3) is 5.79 Å². The standard InChI is InChI=1S/C16H29F3O2/c1-7-12(2,3)8-9-14(6)10-13(4,5)21-15(20,11-14)16(17,18)19/h20H,7-11H2,1-6H3. The Morgan fingerprint density at radius 3 is 2.05 bits per heavy atom. The van der Waals surface area contributed by atoms with Gasteiger partial charge in [0.05, 0.1) is 5.60 Å². The largest absolute Gasteiger partial charge is 0.443 e. The lowest BCUT2D eigenvalue weighted by molar-refractivity contribution is -0.416. The van der Waals surface area contributed by atoms with E-state index in [0.29, 0.717) is 12.8 Å². The first-order valence-electron chi connectivity index (χ1n) is 7.63. The fourth-order valence-corrected chi connectivity index (χ4v) is 3.35. The van der Waals surface area contributed by atoms with E-state index in [1.165, 1.54) is 0 Å². The molecule has 1 saturated heterocycles. The van der Waals surface area contributed by atoms with E-state index in [4.69, 9.17) is 4.74 Å². The minimum Gasteiger partial charge on any atom is -0.358 e. The molecule has 126 valence electrons. The fraction of sp³-hybridized carbons (Fsp3) is 1.00. The van der Waals surface area contributed by atoms with Crippen molar-refractivity contribution in [3.05, 3.63) is 0 Å². The number of hydrogen-bond acceptors (Lipinski definition) is 2. The second-order valence-corrected chi connectivity index (χ2v) is 8.33. The zero-order valence-corrected chi connectivity index (χ0v) is 14.0. The maximum atomic E-state index is 13.2. The summed E-state index contributed by atoms with van der Waals surface area (Å²) in [5.74, 6) is -3.04. The predicted molar refractivity (Wildman–Crippen MR) is 76.8 cm³/mol. The van der Waals surface area contributed by atoms with E-state index in [9.17, 15) is 18.3 Å². The summed E-state index contributed by atoms with van der Waals surface area (Å²) in [4.78, 5) is 0. The smallest absolute Gasteiger partial charge is 0.358 e. The molecule has 0 bridgehead atoms. The normalized spacial score (nSPS) is 34.0. The molecule has 5 heteroatoms. The lowest BCUT2D eigenvalue weighted by Gasteiger charge is -2.51. The van der Waals surface area contributed by atoms with Gasteiger partial charge in [-0.3, -0.25) is 0 Å². The van der Waals surface area contributed by atoms with E-state index in [0.717, 1.165) is 12.8 Å². The van der Waals surface area contributed by atoms with Crippen molar-refractivity contribution in [3.8, 4) is 0 Å². The van der Waals surface area contributed by atoms with E-state index in [2.05, 4.69) is 20.8 Å². The number of halogens is 3. The van der Waals surface area contributed by atoms with Crippen LogP contribution in [0.2, 0.25) is 0 Å². The molecular weight excluding hydrogens is 281 g/mol. The highest BCUT2D eigenvalue weighted by Crippen LogP contribution is 2.53. The average Bonchev–Trinajstić information content (AvgIpc) is 2.22. The van der Waals surface area contributed by atoms with Gasteiger partial charge in [0.2, 0.25) is 0 Å². The highest BCUT2D eigenvalue weighted by atomic mass is 19.4. The Hall–Kier alpha value is -0.290. The van der Waals surface area contributed by atoms with Gasteiger partial charge in [0.15, 0.2) is 0 Å². The molecule has 0 aromatic carbocycles. The SMILES string of the molecule is CCC(C)(C)CCC1(C)CC(C)(C)OC(O)(C(F)(F)F)C1. The minimum atomic E-state index is -4.77. The topological polar surface area (TPSA) is 29.5 Å². The van der Waals surface area contributed by atoms with Crippen molar-refractivity contribution in [2.45, 2.75) is 91.2 Å². The Morgan fingerprint density at radius 1 is 1.10 bits per heavy atom. The third-order valence-electron chi connectivity index (χ3n) is 4.77. The van der Waals surface area contributed by atoms with Crippen LogP contribution >= 0.6 is 0 Å². The van der Waals surface area contributed by atoms with Gasteiger partial charge in [-0.1, -0.05) is 34.1 Å². The number of aliphatic hydroxyl groups is 1. The van der Waals surface area contributed by atoms with Crippen LogP contribution in [0.3, 0.4) is 0 Å². The second-order valence-electron chi connectivity index (χ2n) is 8.33. The summed E-state index contributed by atoms with van der Waals surface area (Å²) in [6, 6.07) is 0. The molecule has 1 rings (SSSR count). The first kappa shape index (κ1) is 18.8. The molecule has 0 aromatic rings. The monoisotopic (exact) mass is 310 g/mol. The van der Waals surface area contributed by atoms with Crippen LogP contribution < -0.4 is 0 Å². The molecule has 1 heterocycles. The molecule has 1 fully saturated rings. The molecule has 2 nitrogen and oxygen atoms in total. The van der Waals surface area contributed by atoms with Crippen molar-refractivity contribution in [2.24, 2.45) is 10.8 Å². The van der Waals surface area contributed by atoms with Crippen molar-refractivity contribution < 1.29 is 23.0 Å². The van der Waals surface area contributed by atoms with Gasteiger partial charge in [-0.2, -0.15) is 13.2 Å². The zero-order chi connectivity index (χ0) is 16.7. The van der Waals surface area contributed by atoms with Crippen LogP contribution in [0, 0.1) is 10.8 Å². The Labute approximate surface area is 126 Å². The van der Waals surface area contributed by atoms with Crippen LogP contribution in [-0.2, 0) is 4.74 Å². The van der Waals surface area contributed by atoms with Crippen LogP contribution in [0.5, 0.6) is 0 Å². The summed E-state index contributed by atoms with van der Waals surface area (Å²) in [6.45, 7) is 11.4. The predicted octanol–water partition coefficient (Wildman–Crippen LogP) is 5.05. The molecule has 0 amide bonds. The molecule has 0 saturated carbocycles. The highest BCUT2D eigenvalue weighted by molar-refractivity contribution is 4.97. The lowest BCUT2D eigenvalue weighted by Crippen LogP contribution is -2.59. The number of hydrogen-bond donors (Lipinski definition) is 1. The molecule has 0 radical (unpaired) electrons. The highest BCUT2D eigenvalue weighted by Gasteiger charge is 2.63. The van der Waals surface area contributed by atoms with Gasteiger partial charge < -0.3 is 9.84 Å². The third-order valence-corrected chi connectivity index (χ3v) is 4.77. The van der Waals surface area contributed by atoms with Gasteiger partial charge in [-0.25, -0.2) is 0 Å². The Kier molecular flexibility index (Phi) is 4.83. The van der Waals surface area contributed by atoms with Crippen LogP contribution in [-0.4, -0.2) is 22.7 Å². The molecule has 0 aromatic heterocycles. The number of alkyl halides is 3. The van der Waals surface area contributed by atoms with Crippen LogP contribution in [0.4, 0.5) is 13.2 Å². The minimum absolute atomic E-state index is 0.0990. The van der Waals surface area contributed by atoms with Crippen molar-refractivity contribution in [2.75, 3.05) is 0 Å². The maximum Gasteiger partial charge on any atom is 0.443 e. The van der Waals surface area contributed by atoms with Gasteiger partial charge in [-0.15, -0.1) is 0 Å². The Morgan fingerprint density at radius 2 is 1.62 bits per heavy atom. The lowest BCUT2D eigenvalue weighted by atomic mass is 9.67. The van der Waals surface area contributed by atoms with Crippen molar-refractivity contribution >= 4 is 0 Å². The molecule has 21 heavy (non-hydrogen) atoms. The summed E-state index contributed by atoms with van der Waals surface area (Å²) < 4.78 is 44.5. The molecule has 0 aliphatic carbocycles. The van der Waals surface area contributed by atoms with Gasteiger partial charge in [0.1, 0.15) is 0 Å². The fourth-order valence-electron chi connectivity index (χ4n) is 3.35. The summed E-state index contributed by atoms with van der Waals surface area (Å²) >= 11 is 0. The average molecular weight is 310 g/mol. The second kappa shape index (κ2) is 5.41. The van der Waals surface area contributed by atoms with E-state index < -0.39 is 29.4 Å². The van der Waals surface area contributed by atoms with Gasteiger partial charge in [0, 0.05) is 6.42 Å². The van der Waals surface area contributed by atoms with E-state index >= 15 is 0 Å². The van der Waals surface area contributed by atoms with Crippen molar-refractivity contribution in [1.82, 2.24) is 0 Å². The molecule has 2 unspecified atom stereocenters. The first-order valence-corrected chi connectivity index (χ1v) is 7.63. The molecule has 1 aliphatic rings. The molecule has 0 spiro atoms. The summed E-state index contributed by atoms with van der Waals surface area (Å²) in [5.41, 5.74) is -1.48. The van der Waals surface area contributed by atoms with E-state index in [1.807, 2.05) is 6.92 Å². The Balaban J connectivity index is 2.96. The van der Waals surface area contributed by atoms with Gasteiger partial charge in [-0.05, 0) is 43.9 Å². The van der Waals surface area contributed by atoms with E-state index in [-0.39, 0.29) is 5.41 Å². The number of rotatable bonds is 4. The summed E-state index contributed by atoms with van der Waals surface area (Å²) in [6.07, 6.45) is -2.19. The third kappa shape index (κ3) is 4.59. The molecular formula is C16H29F3O2. The van der Waals surface area contributed by atoms with Gasteiger partial charge >= 0.3 is 6.18 Å². The van der Waals surface area contributed by atoms with Crippen LogP contribution in [0.1, 0.15) is 73.6 Å². The first-order chi connectivity index (χ1) is 9.14. The van der Waals surface area contributed by atoms with Crippen molar-refractivity contribution in [3.63, 3.8) is 0 Å². The number of ether oxygens (including phenoxy) is 1. The van der Waals surface area contributed by atoms with Crippen LogP contribution in [0.15, 0.2) is 0 Å². The van der Waals surface area contributed by atoms with Crippen LogP contribution in [0.25, 0.3) is 0 Å².